The number of para-hydroxylation sites is 1. The van der Waals surface area contributed by atoms with Crippen molar-refractivity contribution in [3.8, 4) is 5.95 Å². The smallest absolute Gasteiger partial charge is 0.333 e. The van der Waals surface area contributed by atoms with Crippen molar-refractivity contribution in [3.05, 3.63) is 77.6 Å². The van der Waals surface area contributed by atoms with Crippen molar-refractivity contribution in [2.45, 2.75) is 12.3 Å². The Morgan fingerprint density at radius 2 is 1.88 bits per heavy atom. The van der Waals surface area contributed by atoms with E-state index in [1.54, 1.807) is 0 Å². The summed E-state index contributed by atoms with van der Waals surface area (Å²) < 4.78 is 16.4. The zero-order chi connectivity index (χ0) is 16.5. The van der Waals surface area contributed by atoms with E-state index in [-0.39, 0.29) is 5.92 Å². The van der Waals surface area contributed by atoms with E-state index in [4.69, 9.17) is 13.9 Å². The lowest BCUT2D eigenvalue weighted by molar-refractivity contribution is -0.135. The monoisotopic (exact) mass is 320 g/mol. The van der Waals surface area contributed by atoms with Crippen molar-refractivity contribution in [1.29, 1.82) is 0 Å². The molecule has 2 aromatic carbocycles. The molecule has 0 bridgehead atoms. The van der Waals surface area contributed by atoms with E-state index < -0.39 is 5.97 Å². The number of methoxy groups -OCH3 is 1. The summed E-state index contributed by atoms with van der Waals surface area (Å²) in [6, 6.07) is 18.0. The molecule has 0 fully saturated rings. The van der Waals surface area contributed by atoms with Crippen LogP contribution in [0, 0.1) is 0 Å². The van der Waals surface area contributed by atoms with Gasteiger partial charge in [-0.3, -0.25) is 0 Å². The highest BCUT2D eigenvalue weighted by Crippen LogP contribution is 2.47. The summed E-state index contributed by atoms with van der Waals surface area (Å²) in [5.74, 6) is 0.625. The SMILES string of the molecule is COC(=O)/C=C1\C[C@@H](c2ccccc2)c2c(oc3ccccc23)O1. The second-order valence-electron chi connectivity index (χ2n) is 5.70. The Morgan fingerprint density at radius 3 is 2.67 bits per heavy atom. The molecule has 1 aliphatic rings. The Bertz CT molecular complexity index is 921. The molecule has 24 heavy (non-hydrogen) atoms. The van der Waals surface area contributed by atoms with Crippen molar-refractivity contribution < 1.29 is 18.7 Å². The normalized spacial score (nSPS) is 18.2. The Labute approximate surface area is 139 Å². The molecule has 0 amide bonds. The first-order valence-electron chi connectivity index (χ1n) is 7.79. The van der Waals surface area contributed by atoms with Gasteiger partial charge in [0.2, 0.25) is 0 Å². The van der Waals surface area contributed by atoms with E-state index >= 15 is 0 Å². The molecule has 2 heterocycles. The van der Waals surface area contributed by atoms with E-state index in [0.717, 1.165) is 22.1 Å². The first-order chi connectivity index (χ1) is 11.8. The van der Waals surface area contributed by atoms with Crippen LogP contribution in [0.3, 0.4) is 0 Å². The fourth-order valence-electron chi connectivity index (χ4n) is 3.16. The number of carbonyl (C=O) groups is 1. The van der Waals surface area contributed by atoms with Gasteiger partial charge < -0.3 is 13.9 Å². The number of allylic oxidation sites excluding steroid dienone is 1. The lowest BCUT2D eigenvalue weighted by atomic mass is 9.86. The number of hydrogen-bond donors (Lipinski definition) is 0. The van der Waals surface area contributed by atoms with Crippen LogP contribution >= 0.6 is 0 Å². The molecule has 0 unspecified atom stereocenters. The van der Waals surface area contributed by atoms with Gasteiger partial charge in [-0.15, -0.1) is 0 Å². The van der Waals surface area contributed by atoms with Crippen molar-refractivity contribution in [2.24, 2.45) is 0 Å². The number of furan rings is 1. The number of ether oxygens (including phenoxy) is 2. The van der Waals surface area contributed by atoms with E-state index in [9.17, 15) is 4.79 Å². The number of fused-ring (bicyclic) bond motifs is 3. The van der Waals surface area contributed by atoms with Crippen LogP contribution in [0.1, 0.15) is 23.5 Å². The van der Waals surface area contributed by atoms with Gasteiger partial charge in [0, 0.05) is 17.7 Å². The van der Waals surface area contributed by atoms with Crippen molar-refractivity contribution in [3.63, 3.8) is 0 Å². The summed E-state index contributed by atoms with van der Waals surface area (Å²) in [7, 11) is 1.35. The highest BCUT2D eigenvalue weighted by atomic mass is 16.6. The third-order valence-corrected chi connectivity index (χ3v) is 4.26. The summed E-state index contributed by atoms with van der Waals surface area (Å²) in [4.78, 5) is 11.6. The Hall–Kier alpha value is -3.01. The molecule has 0 spiro atoms. The van der Waals surface area contributed by atoms with Crippen LogP contribution in [0.15, 0.2) is 70.8 Å². The molecule has 0 aliphatic carbocycles. The lowest BCUT2D eigenvalue weighted by Gasteiger charge is -2.24. The minimum Gasteiger partial charge on any atom is -0.466 e. The first kappa shape index (κ1) is 14.6. The fourth-order valence-corrected chi connectivity index (χ4v) is 3.16. The second-order valence-corrected chi connectivity index (χ2v) is 5.70. The highest BCUT2D eigenvalue weighted by molar-refractivity contribution is 5.86. The third kappa shape index (κ3) is 2.46. The minimum atomic E-state index is -0.434. The molecule has 0 radical (unpaired) electrons. The van der Waals surface area contributed by atoms with Gasteiger partial charge in [-0.2, -0.15) is 0 Å². The van der Waals surface area contributed by atoms with Crippen LogP contribution in [0.2, 0.25) is 0 Å². The van der Waals surface area contributed by atoms with Gasteiger partial charge >= 0.3 is 5.97 Å². The maximum Gasteiger partial charge on any atom is 0.333 e. The fraction of sp³-hybridized carbons (Fsp3) is 0.150. The van der Waals surface area contributed by atoms with Crippen molar-refractivity contribution in [2.75, 3.05) is 7.11 Å². The van der Waals surface area contributed by atoms with Gasteiger partial charge in [0.1, 0.15) is 11.3 Å². The summed E-state index contributed by atoms with van der Waals surface area (Å²) in [6.07, 6.45) is 1.96. The van der Waals surface area contributed by atoms with Crippen LogP contribution < -0.4 is 4.74 Å². The molecule has 1 aliphatic heterocycles. The van der Waals surface area contributed by atoms with Crippen LogP contribution in [0.5, 0.6) is 5.95 Å². The Morgan fingerprint density at radius 1 is 1.12 bits per heavy atom. The highest BCUT2D eigenvalue weighted by Gasteiger charge is 2.32. The molecule has 3 aromatic rings. The molecule has 4 nitrogen and oxygen atoms in total. The van der Waals surface area contributed by atoms with E-state index in [1.807, 2.05) is 42.5 Å². The van der Waals surface area contributed by atoms with Gasteiger partial charge in [0.15, 0.2) is 0 Å². The quantitative estimate of drug-likeness (QED) is 0.518. The van der Waals surface area contributed by atoms with E-state index in [2.05, 4.69) is 12.1 Å². The molecular weight excluding hydrogens is 304 g/mol. The second kappa shape index (κ2) is 5.89. The number of rotatable bonds is 2. The van der Waals surface area contributed by atoms with Crippen LogP contribution in [0.25, 0.3) is 11.0 Å². The number of benzene rings is 2. The third-order valence-electron chi connectivity index (χ3n) is 4.26. The van der Waals surface area contributed by atoms with Crippen molar-refractivity contribution in [1.82, 2.24) is 0 Å². The predicted octanol–water partition coefficient (Wildman–Crippen LogP) is 4.40. The lowest BCUT2D eigenvalue weighted by Crippen LogP contribution is -2.14. The summed E-state index contributed by atoms with van der Waals surface area (Å²) >= 11 is 0. The van der Waals surface area contributed by atoms with E-state index in [0.29, 0.717) is 18.1 Å². The summed E-state index contributed by atoms with van der Waals surface area (Å²) in [5.41, 5.74) is 2.96. The van der Waals surface area contributed by atoms with Crippen LogP contribution in [-0.4, -0.2) is 13.1 Å². The number of esters is 1. The van der Waals surface area contributed by atoms with Crippen LogP contribution in [-0.2, 0) is 9.53 Å². The average Bonchev–Trinajstić information content (AvgIpc) is 3.00. The Kier molecular flexibility index (Phi) is 3.58. The van der Waals surface area contributed by atoms with E-state index in [1.165, 1.54) is 13.2 Å². The van der Waals surface area contributed by atoms with Crippen LogP contribution in [0.4, 0.5) is 0 Å². The molecule has 4 rings (SSSR count). The standard InChI is InChI=1S/C20H16O4/c1-22-18(21)12-14-11-16(13-7-3-2-4-8-13)19-15-9-5-6-10-17(15)24-20(19)23-14/h2-10,12,16H,11H2,1H3/b14-12+/t16-/m0/s1. The predicted molar refractivity (Wildman–Crippen MR) is 89.8 cm³/mol. The summed E-state index contributed by atoms with van der Waals surface area (Å²) in [6.45, 7) is 0. The molecular formula is C20H16O4. The first-order valence-corrected chi connectivity index (χ1v) is 7.79. The summed E-state index contributed by atoms with van der Waals surface area (Å²) in [5, 5.41) is 1.04. The van der Waals surface area contributed by atoms with Gasteiger partial charge in [-0.05, 0) is 11.6 Å². The van der Waals surface area contributed by atoms with Gasteiger partial charge in [-0.1, -0.05) is 48.5 Å². The van der Waals surface area contributed by atoms with Gasteiger partial charge in [-0.25, -0.2) is 4.79 Å². The number of hydrogen-bond acceptors (Lipinski definition) is 4. The maximum atomic E-state index is 11.6. The minimum absolute atomic E-state index is 0.0644. The molecule has 4 heteroatoms. The topological polar surface area (TPSA) is 48.7 Å². The van der Waals surface area contributed by atoms with Gasteiger partial charge in [0.25, 0.3) is 5.95 Å². The average molecular weight is 320 g/mol. The Balaban J connectivity index is 1.88. The molecule has 0 saturated heterocycles. The molecule has 0 saturated carbocycles. The molecule has 1 aromatic heterocycles. The maximum absolute atomic E-state index is 11.6. The van der Waals surface area contributed by atoms with Gasteiger partial charge in [0.05, 0.1) is 18.7 Å². The molecule has 120 valence electrons. The zero-order valence-corrected chi connectivity index (χ0v) is 13.2. The molecule has 0 N–H and O–H groups in total. The van der Waals surface area contributed by atoms with Crippen molar-refractivity contribution >= 4 is 16.9 Å². The number of carbonyl (C=O) groups excluding carboxylic acids is 1. The largest absolute Gasteiger partial charge is 0.466 e. The zero-order valence-electron chi connectivity index (χ0n) is 13.2. The molecule has 1 atom stereocenters.